The minimum Gasteiger partial charge on any atom is -0.349 e. The highest BCUT2D eigenvalue weighted by molar-refractivity contribution is 7.99. The van der Waals surface area contributed by atoms with Gasteiger partial charge in [0.1, 0.15) is 0 Å². The zero-order valence-electron chi connectivity index (χ0n) is 17.4. The van der Waals surface area contributed by atoms with Gasteiger partial charge >= 0.3 is 0 Å². The highest BCUT2D eigenvalue weighted by Crippen LogP contribution is 2.22. The summed E-state index contributed by atoms with van der Waals surface area (Å²) < 4.78 is 3.36. The van der Waals surface area contributed by atoms with Crippen LogP contribution in [-0.2, 0) is 11.3 Å². The first-order chi connectivity index (χ1) is 15.0. The molecule has 0 saturated carbocycles. The molecule has 158 valence electrons. The molecule has 0 saturated heterocycles. The second-order valence-corrected chi connectivity index (χ2v) is 8.22. The van der Waals surface area contributed by atoms with Gasteiger partial charge in [-0.15, -0.1) is 16.8 Å². The monoisotopic (exact) mass is 433 g/mol. The van der Waals surface area contributed by atoms with E-state index in [1.54, 1.807) is 12.1 Å². The molecule has 2 aromatic carbocycles. The van der Waals surface area contributed by atoms with Crippen LogP contribution in [-0.4, -0.2) is 30.8 Å². The van der Waals surface area contributed by atoms with Gasteiger partial charge in [-0.3, -0.25) is 18.6 Å². The quantitative estimate of drug-likeness (QED) is 0.356. The van der Waals surface area contributed by atoms with E-state index < -0.39 is 0 Å². The van der Waals surface area contributed by atoms with Gasteiger partial charge in [-0.2, -0.15) is 0 Å². The summed E-state index contributed by atoms with van der Waals surface area (Å²) in [5.41, 5.74) is 2.80. The van der Waals surface area contributed by atoms with E-state index in [-0.39, 0.29) is 23.3 Å². The molecule has 0 aliphatic rings. The number of hydrogen-bond acceptors (Lipinski definition) is 5. The van der Waals surface area contributed by atoms with Crippen molar-refractivity contribution in [2.24, 2.45) is 0 Å². The molecule has 7 nitrogen and oxygen atoms in total. The Hall–Kier alpha value is -3.39. The molecule has 1 unspecified atom stereocenters. The van der Waals surface area contributed by atoms with Gasteiger partial charge in [-0.05, 0) is 37.1 Å². The van der Waals surface area contributed by atoms with Crippen LogP contribution in [0.1, 0.15) is 24.1 Å². The molecule has 0 radical (unpaired) electrons. The van der Waals surface area contributed by atoms with Gasteiger partial charge in [-0.1, -0.05) is 54.2 Å². The van der Waals surface area contributed by atoms with E-state index in [0.717, 1.165) is 11.1 Å². The second-order valence-electron chi connectivity index (χ2n) is 7.27. The number of allylic oxidation sites excluding steroid dienone is 1. The van der Waals surface area contributed by atoms with Gasteiger partial charge in [0, 0.05) is 6.54 Å². The fourth-order valence-electron chi connectivity index (χ4n) is 3.68. The molecule has 4 aromatic rings. The van der Waals surface area contributed by atoms with Crippen molar-refractivity contribution in [1.29, 1.82) is 0 Å². The van der Waals surface area contributed by atoms with Crippen LogP contribution in [0.2, 0.25) is 0 Å². The lowest BCUT2D eigenvalue weighted by molar-refractivity contribution is -0.119. The number of nitrogens with zero attached hydrogens (tertiary/aromatic N) is 4. The number of aryl methyl sites for hydroxylation is 1. The summed E-state index contributed by atoms with van der Waals surface area (Å²) in [4.78, 5) is 25.5. The Morgan fingerprint density at radius 1 is 1.19 bits per heavy atom. The Morgan fingerprint density at radius 2 is 1.94 bits per heavy atom. The Kier molecular flexibility index (Phi) is 5.90. The molecule has 1 N–H and O–H groups in total. The number of thioether (sulfide) groups is 1. The number of aromatic nitrogens is 4. The summed E-state index contributed by atoms with van der Waals surface area (Å²) in [7, 11) is 0. The van der Waals surface area contributed by atoms with Crippen molar-refractivity contribution in [2.45, 2.75) is 31.6 Å². The lowest BCUT2D eigenvalue weighted by Gasteiger charge is -2.16. The SMILES string of the molecule is C=CCn1c(=O)c2ccccc2n2c(SCC(=O)NC(C)c3ccccc3C)nnc12. The Morgan fingerprint density at radius 3 is 2.71 bits per heavy atom. The van der Waals surface area contributed by atoms with Gasteiger partial charge in [0.05, 0.1) is 22.7 Å². The smallest absolute Gasteiger partial charge is 0.263 e. The number of amides is 1. The van der Waals surface area contributed by atoms with Gasteiger partial charge in [0.15, 0.2) is 5.16 Å². The highest BCUT2D eigenvalue weighted by atomic mass is 32.2. The summed E-state index contributed by atoms with van der Waals surface area (Å²) in [6.07, 6.45) is 1.65. The predicted molar refractivity (Wildman–Crippen MR) is 123 cm³/mol. The van der Waals surface area contributed by atoms with E-state index in [1.165, 1.54) is 16.3 Å². The summed E-state index contributed by atoms with van der Waals surface area (Å²) >= 11 is 1.29. The number of para-hydroxylation sites is 1. The van der Waals surface area contributed by atoms with Gasteiger partial charge in [0.25, 0.3) is 5.56 Å². The van der Waals surface area contributed by atoms with Crippen LogP contribution in [0.5, 0.6) is 0 Å². The number of benzene rings is 2. The normalized spacial score (nSPS) is 12.2. The van der Waals surface area contributed by atoms with Crippen molar-refractivity contribution in [3.63, 3.8) is 0 Å². The maximum Gasteiger partial charge on any atom is 0.263 e. The summed E-state index contributed by atoms with van der Waals surface area (Å²) in [5, 5.41) is 12.6. The van der Waals surface area contributed by atoms with E-state index >= 15 is 0 Å². The van der Waals surface area contributed by atoms with Crippen molar-refractivity contribution in [3.05, 3.63) is 82.7 Å². The first-order valence-electron chi connectivity index (χ1n) is 9.96. The Balaban J connectivity index is 1.61. The molecule has 0 aliphatic carbocycles. The van der Waals surface area contributed by atoms with Crippen molar-refractivity contribution in [3.8, 4) is 0 Å². The molecule has 0 bridgehead atoms. The molecule has 2 aromatic heterocycles. The number of nitrogens with one attached hydrogen (secondary N) is 1. The molecule has 1 atom stereocenters. The van der Waals surface area contributed by atoms with E-state index in [2.05, 4.69) is 22.1 Å². The fourth-order valence-corrected chi connectivity index (χ4v) is 4.44. The van der Waals surface area contributed by atoms with Crippen LogP contribution >= 0.6 is 11.8 Å². The van der Waals surface area contributed by atoms with Gasteiger partial charge in [0.2, 0.25) is 11.7 Å². The van der Waals surface area contributed by atoms with Crippen molar-refractivity contribution < 1.29 is 4.79 Å². The summed E-state index contributed by atoms with van der Waals surface area (Å²) in [6, 6.07) is 15.2. The molecule has 0 aliphatic heterocycles. The summed E-state index contributed by atoms with van der Waals surface area (Å²) in [6.45, 7) is 8.06. The first kappa shape index (κ1) is 20.9. The zero-order valence-corrected chi connectivity index (χ0v) is 18.2. The van der Waals surface area contributed by atoms with Crippen LogP contribution < -0.4 is 10.9 Å². The number of carbonyl (C=O) groups is 1. The molecule has 8 heteroatoms. The first-order valence-corrected chi connectivity index (χ1v) is 10.9. The van der Waals surface area contributed by atoms with Crippen LogP contribution in [0.15, 0.2) is 71.1 Å². The maximum absolute atomic E-state index is 12.9. The van der Waals surface area contributed by atoms with Crippen molar-refractivity contribution >= 4 is 34.3 Å². The third-order valence-electron chi connectivity index (χ3n) is 5.15. The number of rotatable bonds is 7. The van der Waals surface area contributed by atoms with Gasteiger partial charge < -0.3 is 5.32 Å². The maximum atomic E-state index is 12.9. The van der Waals surface area contributed by atoms with E-state index in [0.29, 0.717) is 28.4 Å². The molecule has 4 rings (SSSR count). The third-order valence-corrected chi connectivity index (χ3v) is 6.08. The molecule has 2 heterocycles. The predicted octanol–water partition coefficient (Wildman–Crippen LogP) is 3.51. The number of hydrogen-bond donors (Lipinski definition) is 1. The van der Waals surface area contributed by atoms with Crippen LogP contribution in [0.3, 0.4) is 0 Å². The highest BCUT2D eigenvalue weighted by Gasteiger charge is 2.18. The lowest BCUT2D eigenvalue weighted by atomic mass is 10.0. The molecule has 0 spiro atoms. The van der Waals surface area contributed by atoms with Gasteiger partial charge in [-0.25, -0.2) is 0 Å². The average molecular weight is 434 g/mol. The van der Waals surface area contributed by atoms with E-state index in [9.17, 15) is 9.59 Å². The van der Waals surface area contributed by atoms with Crippen LogP contribution in [0.4, 0.5) is 0 Å². The number of fused-ring (bicyclic) bond motifs is 3. The topological polar surface area (TPSA) is 81.3 Å². The molecular weight excluding hydrogens is 410 g/mol. The second kappa shape index (κ2) is 8.77. The molecule has 0 fully saturated rings. The minimum absolute atomic E-state index is 0.0944. The average Bonchev–Trinajstić information content (AvgIpc) is 3.19. The lowest BCUT2D eigenvalue weighted by Crippen LogP contribution is -2.28. The Bertz CT molecular complexity index is 1340. The van der Waals surface area contributed by atoms with E-state index in [1.807, 2.05) is 60.7 Å². The summed E-state index contributed by atoms with van der Waals surface area (Å²) in [5.74, 6) is 0.521. The van der Waals surface area contributed by atoms with E-state index in [4.69, 9.17) is 0 Å². The van der Waals surface area contributed by atoms with Crippen LogP contribution in [0.25, 0.3) is 16.7 Å². The molecular formula is C23H23N5O2S. The molecule has 31 heavy (non-hydrogen) atoms. The number of carbonyl (C=O) groups excluding carboxylic acids is 1. The zero-order chi connectivity index (χ0) is 22.0. The fraction of sp³-hybridized carbons (Fsp3) is 0.217. The minimum atomic E-state index is -0.142. The standard InChI is InChI=1S/C23H23N5O2S/c1-4-13-27-21(30)18-11-7-8-12-19(18)28-22(27)25-26-23(28)31-14-20(29)24-16(3)17-10-6-5-9-15(17)2/h4-12,16H,1,13-14H2,2-3H3,(H,24,29). The van der Waals surface area contributed by atoms with Crippen molar-refractivity contribution in [1.82, 2.24) is 24.5 Å². The molecule has 1 amide bonds. The largest absolute Gasteiger partial charge is 0.349 e. The third kappa shape index (κ3) is 3.98. The Labute approximate surface area is 183 Å². The van der Waals surface area contributed by atoms with Crippen LogP contribution in [0, 0.1) is 6.92 Å². The van der Waals surface area contributed by atoms with Crippen molar-refractivity contribution in [2.75, 3.05) is 5.75 Å².